The summed E-state index contributed by atoms with van der Waals surface area (Å²) in [5.74, 6) is 0.891. The van der Waals surface area contributed by atoms with E-state index in [2.05, 4.69) is 11.6 Å². The zero-order chi connectivity index (χ0) is 15.2. The minimum atomic E-state index is 0.0351. The highest BCUT2D eigenvalue weighted by atomic mass is 32.2. The summed E-state index contributed by atoms with van der Waals surface area (Å²) >= 11 is 1.91. The van der Waals surface area contributed by atoms with Crippen molar-refractivity contribution in [1.29, 1.82) is 0 Å². The zero-order valence-electron chi connectivity index (χ0n) is 13.1. The Balaban J connectivity index is 1.98. The molecule has 1 amide bonds. The van der Waals surface area contributed by atoms with Crippen molar-refractivity contribution in [3.05, 3.63) is 29.3 Å². The second kappa shape index (κ2) is 7.74. The molecule has 1 saturated carbocycles. The number of thioether (sulfide) groups is 1. The van der Waals surface area contributed by atoms with E-state index >= 15 is 0 Å². The fourth-order valence-electron chi connectivity index (χ4n) is 2.87. The topological polar surface area (TPSA) is 38.3 Å². The van der Waals surface area contributed by atoms with Gasteiger partial charge in [-0.05, 0) is 63.1 Å². The van der Waals surface area contributed by atoms with Gasteiger partial charge in [-0.25, -0.2) is 0 Å². The summed E-state index contributed by atoms with van der Waals surface area (Å²) in [4.78, 5) is 12.4. The van der Waals surface area contributed by atoms with Crippen LogP contribution in [-0.4, -0.2) is 30.1 Å². The number of benzene rings is 1. The number of aryl methyl sites for hydroxylation is 1. The summed E-state index contributed by atoms with van der Waals surface area (Å²) in [6.45, 7) is 4.59. The van der Waals surface area contributed by atoms with E-state index in [1.165, 1.54) is 12.8 Å². The second-order valence-corrected chi connectivity index (χ2v) is 6.75. The van der Waals surface area contributed by atoms with Gasteiger partial charge in [-0.1, -0.05) is 6.42 Å². The van der Waals surface area contributed by atoms with Crippen LogP contribution in [0.15, 0.2) is 18.2 Å². The van der Waals surface area contributed by atoms with Gasteiger partial charge in [-0.2, -0.15) is 11.8 Å². The number of carbonyl (C=O) groups excluding carboxylic acids is 1. The SMILES string of the molecule is CCOc1ccc(C(=O)NC2CCCC(SC)C2)cc1C. The Morgan fingerprint density at radius 1 is 1.43 bits per heavy atom. The molecule has 0 spiro atoms. The molecule has 3 nitrogen and oxygen atoms in total. The van der Waals surface area contributed by atoms with Gasteiger partial charge in [0, 0.05) is 16.9 Å². The first-order chi connectivity index (χ1) is 10.1. The van der Waals surface area contributed by atoms with Crippen LogP contribution in [0.2, 0.25) is 0 Å². The van der Waals surface area contributed by atoms with Gasteiger partial charge in [0.1, 0.15) is 5.75 Å². The van der Waals surface area contributed by atoms with Gasteiger partial charge in [0.15, 0.2) is 0 Å². The normalized spacial score (nSPS) is 21.9. The molecule has 116 valence electrons. The van der Waals surface area contributed by atoms with Crippen molar-refractivity contribution in [2.24, 2.45) is 0 Å². The van der Waals surface area contributed by atoms with E-state index in [1.807, 2.05) is 43.8 Å². The molecule has 21 heavy (non-hydrogen) atoms. The molecule has 1 aromatic carbocycles. The third kappa shape index (κ3) is 4.40. The maximum Gasteiger partial charge on any atom is 0.251 e. The maximum absolute atomic E-state index is 12.4. The van der Waals surface area contributed by atoms with E-state index in [4.69, 9.17) is 4.74 Å². The van der Waals surface area contributed by atoms with E-state index in [1.54, 1.807) is 0 Å². The molecule has 1 aromatic rings. The molecule has 0 bridgehead atoms. The Morgan fingerprint density at radius 2 is 2.24 bits per heavy atom. The number of ether oxygens (including phenoxy) is 1. The molecule has 0 radical (unpaired) electrons. The molecule has 0 saturated heterocycles. The Kier molecular flexibility index (Phi) is 5.97. The first kappa shape index (κ1) is 16.2. The van der Waals surface area contributed by atoms with Crippen LogP contribution in [0.1, 0.15) is 48.5 Å². The fraction of sp³-hybridized carbons (Fsp3) is 0.588. The molecule has 2 atom stereocenters. The molecule has 1 fully saturated rings. The number of nitrogens with one attached hydrogen (secondary N) is 1. The van der Waals surface area contributed by atoms with Gasteiger partial charge in [0.2, 0.25) is 0 Å². The Hall–Kier alpha value is -1.16. The maximum atomic E-state index is 12.4. The highest BCUT2D eigenvalue weighted by molar-refractivity contribution is 7.99. The van der Waals surface area contributed by atoms with Gasteiger partial charge in [-0.15, -0.1) is 0 Å². The summed E-state index contributed by atoms with van der Waals surface area (Å²) < 4.78 is 5.52. The molecular weight excluding hydrogens is 282 g/mol. The zero-order valence-corrected chi connectivity index (χ0v) is 14.0. The van der Waals surface area contributed by atoms with Crippen LogP contribution in [0.5, 0.6) is 5.75 Å². The van der Waals surface area contributed by atoms with Gasteiger partial charge in [0.25, 0.3) is 5.91 Å². The van der Waals surface area contributed by atoms with Crippen LogP contribution >= 0.6 is 11.8 Å². The van der Waals surface area contributed by atoms with Crippen LogP contribution < -0.4 is 10.1 Å². The van der Waals surface area contributed by atoms with Gasteiger partial charge in [0.05, 0.1) is 6.61 Å². The van der Waals surface area contributed by atoms with Crippen molar-refractivity contribution in [2.45, 2.75) is 50.8 Å². The predicted molar refractivity (Wildman–Crippen MR) is 89.4 cm³/mol. The second-order valence-electron chi connectivity index (χ2n) is 5.61. The van der Waals surface area contributed by atoms with Crippen molar-refractivity contribution in [1.82, 2.24) is 5.32 Å². The number of hydrogen-bond donors (Lipinski definition) is 1. The molecule has 1 aliphatic rings. The third-order valence-electron chi connectivity index (χ3n) is 4.03. The molecule has 0 heterocycles. The summed E-state index contributed by atoms with van der Waals surface area (Å²) in [5.41, 5.74) is 1.73. The van der Waals surface area contributed by atoms with Gasteiger partial charge in [-0.3, -0.25) is 4.79 Å². The van der Waals surface area contributed by atoms with Crippen molar-refractivity contribution in [2.75, 3.05) is 12.9 Å². The minimum Gasteiger partial charge on any atom is -0.494 e. The third-order valence-corrected chi connectivity index (χ3v) is 5.13. The first-order valence-corrected chi connectivity index (χ1v) is 9.00. The van der Waals surface area contributed by atoms with Gasteiger partial charge >= 0.3 is 0 Å². The van der Waals surface area contributed by atoms with Gasteiger partial charge < -0.3 is 10.1 Å². The smallest absolute Gasteiger partial charge is 0.251 e. The summed E-state index contributed by atoms with van der Waals surface area (Å²) in [5, 5.41) is 3.87. The average molecular weight is 307 g/mol. The highest BCUT2D eigenvalue weighted by Gasteiger charge is 2.23. The van der Waals surface area contributed by atoms with E-state index in [-0.39, 0.29) is 5.91 Å². The molecule has 1 N–H and O–H groups in total. The summed E-state index contributed by atoms with van der Waals surface area (Å²) in [6, 6.07) is 5.96. The van der Waals surface area contributed by atoms with Crippen molar-refractivity contribution >= 4 is 17.7 Å². The van der Waals surface area contributed by atoms with E-state index < -0.39 is 0 Å². The van der Waals surface area contributed by atoms with E-state index in [0.29, 0.717) is 17.9 Å². The molecule has 0 aromatic heterocycles. The molecule has 2 rings (SSSR count). The number of carbonyl (C=O) groups is 1. The standard InChI is InChI=1S/C17H25NO2S/c1-4-20-16-9-8-13(10-12(16)2)17(19)18-14-6-5-7-15(11-14)21-3/h8-10,14-15H,4-7,11H2,1-3H3,(H,18,19). The van der Waals surface area contributed by atoms with Crippen molar-refractivity contribution in [3.8, 4) is 5.75 Å². The number of rotatable bonds is 5. The molecular formula is C17H25NO2S. The summed E-state index contributed by atoms with van der Waals surface area (Å²) in [6.07, 6.45) is 6.82. The molecule has 0 aliphatic heterocycles. The van der Waals surface area contributed by atoms with Crippen molar-refractivity contribution in [3.63, 3.8) is 0 Å². The quantitative estimate of drug-likeness (QED) is 0.899. The van der Waals surface area contributed by atoms with E-state index in [9.17, 15) is 4.79 Å². The monoisotopic (exact) mass is 307 g/mol. The van der Waals surface area contributed by atoms with Crippen LogP contribution in [0.3, 0.4) is 0 Å². The average Bonchev–Trinajstić information content (AvgIpc) is 2.49. The predicted octanol–water partition coefficient (Wildman–Crippen LogP) is 3.80. The lowest BCUT2D eigenvalue weighted by atomic mass is 9.94. The lowest BCUT2D eigenvalue weighted by molar-refractivity contribution is 0.0928. The van der Waals surface area contributed by atoms with Crippen LogP contribution in [0, 0.1) is 6.92 Å². The Morgan fingerprint density at radius 3 is 2.90 bits per heavy atom. The lowest BCUT2D eigenvalue weighted by Gasteiger charge is -2.28. The molecule has 4 heteroatoms. The Bertz CT molecular complexity index is 490. The number of amides is 1. The van der Waals surface area contributed by atoms with E-state index in [0.717, 1.165) is 29.7 Å². The first-order valence-electron chi connectivity index (χ1n) is 7.71. The number of hydrogen-bond acceptors (Lipinski definition) is 3. The van der Waals surface area contributed by atoms with Crippen LogP contribution in [0.4, 0.5) is 0 Å². The summed E-state index contributed by atoms with van der Waals surface area (Å²) in [7, 11) is 0. The minimum absolute atomic E-state index is 0.0351. The molecule has 1 aliphatic carbocycles. The Labute approximate surface area is 131 Å². The largest absolute Gasteiger partial charge is 0.494 e. The lowest BCUT2D eigenvalue weighted by Crippen LogP contribution is -2.39. The molecule has 2 unspecified atom stereocenters. The van der Waals surface area contributed by atoms with Crippen molar-refractivity contribution < 1.29 is 9.53 Å². The highest BCUT2D eigenvalue weighted by Crippen LogP contribution is 2.27. The fourth-order valence-corrected chi connectivity index (χ4v) is 3.69. The van der Waals surface area contributed by atoms with Crippen LogP contribution in [-0.2, 0) is 0 Å². The van der Waals surface area contributed by atoms with Crippen LogP contribution in [0.25, 0.3) is 0 Å².